The van der Waals surface area contributed by atoms with E-state index in [0.29, 0.717) is 19.6 Å². The number of benzene rings is 1. The summed E-state index contributed by atoms with van der Waals surface area (Å²) in [5.41, 5.74) is 2.45. The molecule has 0 spiro atoms. The molecule has 106 valence electrons. The maximum absolute atomic E-state index is 11.5. The van der Waals surface area contributed by atoms with Crippen LogP contribution in [0.5, 0.6) is 5.75 Å². The average molecular weight is 264 g/mol. The van der Waals surface area contributed by atoms with Crippen molar-refractivity contribution in [3.8, 4) is 5.75 Å². The lowest BCUT2D eigenvalue weighted by Gasteiger charge is -2.08. The Morgan fingerprint density at radius 1 is 1.21 bits per heavy atom. The van der Waals surface area contributed by atoms with Crippen molar-refractivity contribution >= 4 is 5.91 Å². The van der Waals surface area contributed by atoms with Gasteiger partial charge < -0.3 is 15.4 Å². The van der Waals surface area contributed by atoms with Gasteiger partial charge in [0.2, 0.25) is 5.91 Å². The van der Waals surface area contributed by atoms with Crippen molar-refractivity contribution in [3.63, 3.8) is 0 Å². The fraction of sp³-hybridized carbons (Fsp3) is 0.533. The number of rotatable bonds is 8. The molecule has 0 unspecified atom stereocenters. The van der Waals surface area contributed by atoms with Crippen LogP contribution >= 0.6 is 0 Å². The predicted molar refractivity (Wildman–Crippen MR) is 77.6 cm³/mol. The Hall–Kier alpha value is -1.55. The highest BCUT2D eigenvalue weighted by Gasteiger charge is 2.02. The first-order valence-electron chi connectivity index (χ1n) is 6.75. The SMILES string of the molecule is CNCCCNC(=O)CCOc1ccc(C)c(C)c1. The second-order valence-corrected chi connectivity index (χ2v) is 4.65. The third kappa shape index (κ3) is 6.25. The number of amides is 1. The van der Waals surface area contributed by atoms with Gasteiger partial charge in [-0.2, -0.15) is 0 Å². The zero-order valence-corrected chi connectivity index (χ0v) is 12.1. The van der Waals surface area contributed by atoms with Crippen LogP contribution < -0.4 is 15.4 Å². The van der Waals surface area contributed by atoms with Crippen LogP contribution in [0.25, 0.3) is 0 Å². The van der Waals surface area contributed by atoms with Crippen LogP contribution in [0.15, 0.2) is 18.2 Å². The predicted octanol–water partition coefficient (Wildman–Crippen LogP) is 1.80. The molecule has 0 heterocycles. The maximum atomic E-state index is 11.5. The van der Waals surface area contributed by atoms with Gasteiger partial charge in [-0.25, -0.2) is 0 Å². The lowest BCUT2D eigenvalue weighted by molar-refractivity contribution is -0.121. The Balaban J connectivity index is 2.18. The van der Waals surface area contributed by atoms with E-state index < -0.39 is 0 Å². The molecule has 0 saturated heterocycles. The van der Waals surface area contributed by atoms with Crippen molar-refractivity contribution in [2.24, 2.45) is 0 Å². The van der Waals surface area contributed by atoms with Crippen molar-refractivity contribution in [2.75, 3.05) is 26.7 Å². The molecule has 0 saturated carbocycles. The van der Waals surface area contributed by atoms with Gasteiger partial charge in [-0.05, 0) is 57.1 Å². The Morgan fingerprint density at radius 3 is 2.68 bits per heavy atom. The van der Waals surface area contributed by atoms with Crippen molar-refractivity contribution in [3.05, 3.63) is 29.3 Å². The minimum Gasteiger partial charge on any atom is -0.493 e. The summed E-state index contributed by atoms with van der Waals surface area (Å²) in [6.45, 7) is 6.16. The molecular weight excluding hydrogens is 240 g/mol. The molecule has 0 fully saturated rings. The van der Waals surface area contributed by atoms with Crippen molar-refractivity contribution in [1.29, 1.82) is 0 Å². The third-order valence-electron chi connectivity index (χ3n) is 3.00. The van der Waals surface area contributed by atoms with Crippen molar-refractivity contribution in [2.45, 2.75) is 26.7 Å². The average Bonchev–Trinajstić information content (AvgIpc) is 2.39. The topological polar surface area (TPSA) is 50.4 Å². The van der Waals surface area contributed by atoms with Gasteiger partial charge in [0.25, 0.3) is 0 Å². The summed E-state index contributed by atoms with van der Waals surface area (Å²) < 4.78 is 5.57. The first-order chi connectivity index (χ1) is 9.13. The van der Waals surface area contributed by atoms with E-state index in [1.807, 2.05) is 25.2 Å². The number of nitrogens with one attached hydrogen (secondary N) is 2. The zero-order chi connectivity index (χ0) is 14.1. The van der Waals surface area contributed by atoms with Gasteiger partial charge in [0.1, 0.15) is 5.75 Å². The first kappa shape index (κ1) is 15.5. The quantitative estimate of drug-likeness (QED) is 0.704. The van der Waals surface area contributed by atoms with Crippen LogP contribution in [-0.2, 0) is 4.79 Å². The van der Waals surface area contributed by atoms with E-state index in [4.69, 9.17) is 4.74 Å². The zero-order valence-electron chi connectivity index (χ0n) is 12.1. The summed E-state index contributed by atoms with van der Waals surface area (Å²) >= 11 is 0. The van der Waals surface area contributed by atoms with Crippen LogP contribution in [0.4, 0.5) is 0 Å². The van der Waals surface area contributed by atoms with E-state index in [2.05, 4.69) is 24.5 Å². The van der Waals surface area contributed by atoms with E-state index >= 15 is 0 Å². The molecule has 0 radical (unpaired) electrons. The summed E-state index contributed by atoms with van der Waals surface area (Å²) in [4.78, 5) is 11.5. The van der Waals surface area contributed by atoms with Gasteiger partial charge in [0.05, 0.1) is 13.0 Å². The molecule has 19 heavy (non-hydrogen) atoms. The van der Waals surface area contributed by atoms with Crippen molar-refractivity contribution < 1.29 is 9.53 Å². The third-order valence-corrected chi connectivity index (χ3v) is 3.00. The Labute approximate surface area is 115 Å². The standard InChI is InChI=1S/C15H24N2O2/c1-12-5-6-14(11-13(12)2)19-10-7-15(18)17-9-4-8-16-3/h5-6,11,16H,4,7-10H2,1-3H3,(H,17,18). The van der Waals surface area contributed by atoms with Gasteiger partial charge in [-0.3, -0.25) is 4.79 Å². The molecule has 0 bridgehead atoms. The van der Waals surface area contributed by atoms with E-state index in [0.717, 1.165) is 18.7 Å². The van der Waals surface area contributed by atoms with Crippen LogP contribution in [0, 0.1) is 13.8 Å². The minimum atomic E-state index is 0.0416. The summed E-state index contributed by atoms with van der Waals surface area (Å²) in [5, 5.41) is 5.91. The first-order valence-corrected chi connectivity index (χ1v) is 6.75. The lowest BCUT2D eigenvalue weighted by atomic mass is 10.1. The normalized spacial score (nSPS) is 10.3. The van der Waals surface area contributed by atoms with Gasteiger partial charge >= 0.3 is 0 Å². The number of hydrogen-bond donors (Lipinski definition) is 2. The summed E-state index contributed by atoms with van der Waals surface area (Å²) in [7, 11) is 1.90. The second-order valence-electron chi connectivity index (χ2n) is 4.65. The maximum Gasteiger partial charge on any atom is 0.223 e. The molecule has 4 nitrogen and oxygen atoms in total. The van der Waals surface area contributed by atoms with Crippen LogP contribution in [0.2, 0.25) is 0 Å². The van der Waals surface area contributed by atoms with Gasteiger partial charge in [-0.1, -0.05) is 6.07 Å². The smallest absolute Gasteiger partial charge is 0.223 e. The van der Waals surface area contributed by atoms with Crippen LogP contribution in [0.1, 0.15) is 24.0 Å². The number of carbonyl (C=O) groups is 1. The van der Waals surface area contributed by atoms with Gasteiger partial charge in [-0.15, -0.1) is 0 Å². The second kappa shape index (κ2) is 8.53. The molecule has 0 atom stereocenters. The number of carbonyl (C=O) groups excluding carboxylic acids is 1. The Morgan fingerprint density at radius 2 is 2.00 bits per heavy atom. The number of ether oxygens (including phenoxy) is 1. The largest absolute Gasteiger partial charge is 0.493 e. The van der Waals surface area contributed by atoms with Crippen LogP contribution in [0.3, 0.4) is 0 Å². The molecule has 1 aromatic carbocycles. The van der Waals surface area contributed by atoms with Crippen molar-refractivity contribution in [1.82, 2.24) is 10.6 Å². The monoisotopic (exact) mass is 264 g/mol. The molecule has 1 amide bonds. The van der Waals surface area contributed by atoms with Gasteiger partial charge in [0.15, 0.2) is 0 Å². The van der Waals surface area contributed by atoms with E-state index in [9.17, 15) is 4.79 Å². The summed E-state index contributed by atoms with van der Waals surface area (Å²) in [6, 6.07) is 5.97. The van der Waals surface area contributed by atoms with Gasteiger partial charge in [0, 0.05) is 6.54 Å². The summed E-state index contributed by atoms with van der Waals surface area (Å²) in [5.74, 6) is 0.867. The fourth-order valence-electron chi connectivity index (χ4n) is 1.65. The molecule has 1 rings (SSSR count). The molecule has 2 N–H and O–H groups in total. The number of hydrogen-bond acceptors (Lipinski definition) is 3. The molecule has 0 aliphatic heterocycles. The molecule has 0 aromatic heterocycles. The molecule has 4 heteroatoms. The number of aryl methyl sites for hydroxylation is 2. The van der Waals surface area contributed by atoms with E-state index in [1.54, 1.807) is 0 Å². The Kier molecular flexibility index (Phi) is 6.97. The van der Waals surface area contributed by atoms with Crippen LogP contribution in [-0.4, -0.2) is 32.7 Å². The molecule has 0 aliphatic rings. The van der Waals surface area contributed by atoms with E-state index in [-0.39, 0.29) is 5.91 Å². The van der Waals surface area contributed by atoms with E-state index in [1.165, 1.54) is 11.1 Å². The highest BCUT2D eigenvalue weighted by molar-refractivity contribution is 5.75. The molecule has 1 aromatic rings. The highest BCUT2D eigenvalue weighted by Crippen LogP contribution is 2.16. The Bertz CT molecular complexity index is 405. The minimum absolute atomic E-state index is 0.0416. The molecule has 0 aliphatic carbocycles. The summed E-state index contributed by atoms with van der Waals surface area (Å²) in [6.07, 6.45) is 1.34. The highest BCUT2D eigenvalue weighted by atomic mass is 16.5. The molecular formula is C15H24N2O2. The fourth-order valence-corrected chi connectivity index (χ4v) is 1.65. The lowest BCUT2D eigenvalue weighted by Crippen LogP contribution is -2.27.